The number of carbonyl (C=O) groups is 1. The number of carbonyl (C=O) groups excluding carboxylic acids is 1. The van der Waals surface area contributed by atoms with E-state index in [9.17, 15) is 9.18 Å². The lowest BCUT2D eigenvalue weighted by molar-refractivity contribution is -0.133. The Balaban J connectivity index is 2.08. The molecule has 2 rings (SSSR count). The van der Waals surface area contributed by atoms with E-state index in [1.807, 2.05) is 0 Å². The maximum atomic E-state index is 14.1. The van der Waals surface area contributed by atoms with Crippen molar-refractivity contribution in [3.05, 3.63) is 69.4 Å². The summed E-state index contributed by atoms with van der Waals surface area (Å²) in [5.41, 5.74) is 7.04. The Labute approximate surface area is 154 Å². The van der Waals surface area contributed by atoms with Crippen LogP contribution in [-0.2, 0) is 16.1 Å². The first-order valence-electron chi connectivity index (χ1n) is 7.70. The molecule has 0 aliphatic carbocycles. The van der Waals surface area contributed by atoms with Gasteiger partial charge in [-0.15, -0.1) is 0 Å². The third-order valence-corrected chi connectivity index (χ3v) is 4.04. The molecular weight excluding hydrogens is 389 g/mol. The van der Waals surface area contributed by atoms with Gasteiger partial charge in [0.25, 0.3) is 5.91 Å². The van der Waals surface area contributed by atoms with Gasteiger partial charge in [-0.1, -0.05) is 46.3 Å². The molecule has 0 aromatic heterocycles. The molecule has 0 unspecified atom stereocenters. The zero-order valence-electron chi connectivity index (χ0n) is 13.7. The average molecular weight is 408 g/mol. The van der Waals surface area contributed by atoms with Crippen molar-refractivity contribution in [1.82, 2.24) is 5.32 Å². The molecule has 0 heterocycles. The summed E-state index contributed by atoms with van der Waals surface area (Å²) >= 11 is 3.19. The van der Waals surface area contributed by atoms with E-state index in [4.69, 9.17) is 15.9 Å². The molecule has 132 valence electrons. The number of rotatable bonds is 7. The summed E-state index contributed by atoms with van der Waals surface area (Å²) in [5.74, 6) is -0.940. The predicted molar refractivity (Wildman–Crippen MR) is 97.8 cm³/mol. The lowest BCUT2D eigenvalue weighted by atomic mass is 10.1. The van der Waals surface area contributed by atoms with Crippen molar-refractivity contribution in [2.24, 2.45) is 5.73 Å². The second-order valence-electron chi connectivity index (χ2n) is 5.33. The molecule has 0 aliphatic rings. The zero-order valence-corrected chi connectivity index (χ0v) is 15.3. The monoisotopic (exact) mass is 407 g/mol. The van der Waals surface area contributed by atoms with Crippen LogP contribution in [0.15, 0.2) is 46.9 Å². The number of nitrogens with one attached hydrogen (secondary N) is 2. The van der Waals surface area contributed by atoms with Gasteiger partial charge >= 0.3 is 0 Å². The van der Waals surface area contributed by atoms with Gasteiger partial charge in [0, 0.05) is 28.8 Å². The quantitative estimate of drug-likeness (QED) is 0.486. The van der Waals surface area contributed by atoms with Gasteiger partial charge in [0.05, 0.1) is 0 Å². The molecule has 0 saturated heterocycles. The summed E-state index contributed by atoms with van der Waals surface area (Å²) in [5, 5.41) is 10.1. The Morgan fingerprint density at radius 2 is 2.00 bits per heavy atom. The highest BCUT2D eigenvalue weighted by Gasteiger charge is 2.24. The van der Waals surface area contributed by atoms with Crippen LogP contribution >= 0.6 is 15.9 Å². The highest BCUT2D eigenvalue weighted by Crippen LogP contribution is 2.24. The van der Waals surface area contributed by atoms with E-state index in [-0.39, 0.29) is 24.6 Å². The van der Waals surface area contributed by atoms with Crippen molar-refractivity contribution >= 4 is 27.7 Å². The maximum absolute atomic E-state index is 14.1. The second-order valence-corrected chi connectivity index (χ2v) is 6.25. The van der Waals surface area contributed by atoms with E-state index in [0.717, 1.165) is 5.56 Å². The molecule has 25 heavy (non-hydrogen) atoms. The molecular formula is C18H19BrFN3O2. The number of amidine groups is 1. The van der Waals surface area contributed by atoms with Crippen LogP contribution in [0, 0.1) is 11.2 Å². The number of hydrogen-bond donors (Lipinski definition) is 3. The smallest absolute Gasteiger partial charge is 0.254 e. The molecule has 1 amide bonds. The molecule has 2 aromatic rings. The van der Waals surface area contributed by atoms with Crippen LogP contribution in [0.1, 0.15) is 29.7 Å². The van der Waals surface area contributed by atoms with E-state index in [1.165, 1.54) is 12.1 Å². The van der Waals surface area contributed by atoms with Crippen molar-refractivity contribution in [1.29, 1.82) is 5.41 Å². The van der Waals surface area contributed by atoms with Gasteiger partial charge in [-0.2, -0.15) is 0 Å². The van der Waals surface area contributed by atoms with Crippen molar-refractivity contribution in [3.8, 4) is 0 Å². The minimum atomic E-state index is -1.02. The van der Waals surface area contributed by atoms with Gasteiger partial charge in [-0.05, 0) is 24.6 Å². The molecule has 0 spiro atoms. The van der Waals surface area contributed by atoms with Gasteiger partial charge in [0.2, 0.25) is 0 Å². The number of benzene rings is 2. The van der Waals surface area contributed by atoms with Crippen LogP contribution < -0.4 is 11.1 Å². The molecule has 0 radical (unpaired) electrons. The summed E-state index contributed by atoms with van der Waals surface area (Å²) in [4.78, 5) is 12.5. The van der Waals surface area contributed by atoms with Crippen LogP contribution in [-0.4, -0.2) is 18.3 Å². The predicted octanol–water partition coefficient (Wildman–Crippen LogP) is 3.27. The normalized spacial score (nSPS) is 11.8. The first-order valence-corrected chi connectivity index (χ1v) is 8.49. The highest BCUT2D eigenvalue weighted by molar-refractivity contribution is 9.10. The van der Waals surface area contributed by atoms with Gasteiger partial charge in [0.15, 0.2) is 6.10 Å². The Morgan fingerprint density at radius 1 is 1.32 bits per heavy atom. The van der Waals surface area contributed by atoms with E-state index in [1.54, 1.807) is 37.3 Å². The number of ether oxygens (including phenoxy) is 1. The van der Waals surface area contributed by atoms with Gasteiger partial charge in [0.1, 0.15) is 11.7 Å². The lowest BCUT2D eigenvalue weighted by Crippen LogP contribution is -2.31. The summed E-state index contributed by atoms with van der Waals surface area (Å²) < 4.78 is 20.2. The number of halogens is 2. The molecule has 4 N–H and O–H groups in total. The Bertz CT molecular complexity index is 765. The number of amides is 1. The van der Waals surface area contributed by atoms with Crippen LogP contribution in [0.25, 0.3) is 0 Å². The third kappa shape index (κ3) is 5.11. The second kappa shape index (κ2) is 8.73. The Hall–Kier alpha value is -2.25. The summed E-state index contributed by atoms with van der Waals surface area (Å²) in [6, 6.07) is 11.4. The molecule has 1 atom stereocenters. The fraction of sp³-hybridized carbons (Fsp3) is 0.222. The molecule has 0 bridgehead atoms. The molecule has 7 heteroatoms. The van der Waals surface area contributed by atoms with E-state index in [2.05, 4.69) is 21.2 Å². The molecule has 0 saturated carbocycles. The standard InChI is InChI=1S/C18H19BrFN3O2/c1-2-25-16(14-8-7-13(19)9-15(14)20)18(24)23-10-11-3-5-12(6-4-11)17(21)22/h3-9,16H,2,10H2,1H3,(H3,21,22)(H,23,24)/t16-/m0/s1. The Kier molecular flexibility index (Phi) is 6.66. The van der Waals surface area contributed by atoms with Gasteiger partial charge < -0.3 is 15.8 Å². The van der Waals surface area contributed by atoms with E-state index in [0.29, 0.717) is 10.0 Å². The van der Waals surface area contributed by atoms with Gasteiger partial charge in [-0.25, -0.2) is 4.39 Å². The first-order chi connectivity index (χ1) is 11.9. The topological polar surface area (TPSA) is 88.2 Å². The van der Waals surface area contributed by atoms with Crippen LogP contribution in [0.4, 0.5) is 4.39 Å². The van der Waals surface area contributed by atoms with Crippen LogP contribution in [0.5, 0.6) is 0 Å². The maximum Gasteiger partial charge on any atom is 0.254 e. The fourth-order valence-electron chi connectivity index (χ4n) is 2.27. The number of nitrogens with two attached hydrogens (primary N) is 1. The zero-order chi connectivity index (χ0) is 18.4. The van der Waals surface area contributed by atoms with Crippen molar-refractivity contribution in [2.75, 3.05) is 6.61 Å². The molecule has 5 nitrogen and oxygen atoms in total. The first kappa shape index (κ1) is 19.1. The van der Waals surface area contributed by atoms with E-state index >= 15 is 0 Å². The number of nitrogen functional groups attached to an aromatic ring is 1. The molecule has 0 fully saturated rings. The number of hydrogen-bond acceptors (Lipinski definition) is 3. The largest absolute Gasteiger partial charge is 0.384 e. The molecule has 0 aliphatic heterocycles. The van der Waals surface area contributed by atoms with Crippen LogP contribution in [0.2, 0.25) is 0 Å². The minimum absolute atomic E-state index is 0.0160. The van der Waals surface area contributed by atoms with Crippen molar-refractivity contribution in [3.63, 3.8) is 0 Å². The molecule has 2 aromatic carbocycles. The van der Waals surface area contributed by atoms with E-state index < -0.39 is 17.8 Å². The van der Waals surface area contributed by atoms with Crippen molar-refractivity contribution < 1.29 is 13.9 Å². The summed E-state index contributed by atoms with van der Waals surface area (Å²) in [6.07, 6.45) is -1.02. The summed E-state index contributed by atoms with van der Waals surface area (Å²) in [6.45, 7) is 2.29. The highest BCUT2D eigenvalue weighted by atomic mass is 79.9. The van der Waals surface area contributed by atoms with Gasteiger partial charge in [-0.3, -0.25) is 10.2 Å². The minimum Gasteiger partial charge on any atom is -0.384 e. The van der Waals surface area contributed by atoms with Crippen molar-refractivity contribution in [2.45, 2.75) is 19.6 Å². The third-order valence-electron chi connectivity index (χ3n) is 3.55. The van der Waals surface area contributed by atoms with Crippen LogP contribution in [0.3, 0.4) is 0 Å². The Morgan fingerprint density at radius 3 is 2.56 bits per heavy atom. The summed E-state index contributed by atoms with van der Waals surface area (Å²) in [7, 11) is 0. The fourth-order valence-corrected chi connectivity index (χ4v) is 2.60. The SMILES string of the molecule is CCO[C@H](C(=O)NCc1ccc(C(=N)N)cc1)c1ccc(Br)cc1F. The average Bonchev–Trinajstić information content (AvgIpc) is 2.58. The lowest BCUT2D eigenvalue weighted by Gasteiger charge is -2.18.